The van der Waals surface area contributed by atoms with Crippen molar-refractivity contribution in [1.29, 1.82) is 0 Å². The van der Waals surface area contributed by atoms with Gasteiger partial charge in [-0.05, 0) is 68.2 Å². The molecule has 128 valence electrons. The Morgan fingerprint density at radius 3 is 2.75 bits per heavy atom. The molecular formula is C20H24BrNO2. The van der Waals surface area contributed by atoms with Gasteiger partial charge in [-0.1, -0.05) is 22.9 Å². The van der Waals surface area contributed by atoms with Crippen LogP contribution in [0.4, 0.5) is 0 Å². The van der Waals surface area contributed by atoms with Gasteiger partial charge < -0.3 is 4.90 Å². The molecule has 1 heterocycles. The first-order valence-corrected chi connectivity index (χ1v) is 9.91. The van der Waals surface area contributed by atoms with Crippen LogP contribution in [0.2, 0.25) is 0 Å². The first kappa shape index (κ1) is 16.3. The SMILES string of the molecule is C[C@@H]1C[C@H]2CCC(=O)[C@]23CCCN(C(=O)c2ccc(Br)cc2)[C@H]3C1. The highest BCUT2D eigenvalue weighted by Crippen LogP contribution is 2.57. The fourth-order valence-corrected chi connectivity index (χ4v) is 5.86. The lowest BCUT2D eigenvalue weighted by molar-refractivity contribution is -0.138. The summed E-state index contributed by atoms with van der Waals surface area (Å²) in [6.07, 6.45) is 5.81. The fourth-order valence-electron chi connectivity index (χ4n) is 5.60. The number of carbonyl (C=O) groups excluding carboxylic acids is 2. The summed E-state index contributed by atoms with van der Waals surface area (Å²) in [6.45, 7) is 3.07. The van der Waals surface area contributed by atoms with Crippen molar-refractivity contribution in [3.63, 3.8) is 0 Å². The van der Waals surface area contributed by atoms with Crippen LogP contribution in [-0.2, 0) is 4.79 Å². The number of likely N-dealkylation sites (tertiary alicyclic amines) is 1. The van der Waals surface area contributed by atoms with Gasteiger partial charge in [0.1, 0.15) is 5.78 Å². The molecule has 0 radical (unpaired) electrons. The van der Waals surface area contributed by atoms with Crippen LogP contribution in [0.25, 0.3) is 0 Å². The van der Waals surface area contributed by atoms with Gasteiger partial charge in [0.05, 0.1) is 5.41 Å². The summed E-state index contributed by atoms with van der Waals surface area (Å²) in [5, 5.41) is 0. The zero-order valence-corrected chi connectivity index (χ0v) is 15.7. The van der Waals surface area contributed by atoms with Gasteiger partial charge in [0.15, 0.2) is 0 Å². The van der Waals surface area contributed by atoms with Crippen molar-refractivity contribution in [3.05, 3.63) is 34.3 Å². The van der Waals surface area contributed by atoms with Crippen molar-refractivity contribution in [2.24, 2.45) is 17.3 Å². The van der Waals surface area contributed by atoms with E-state index in [2.05, 4.69) is 22.9 Å². The largest absolute Gasteiger partial charge is 0.335 e. The third-order valence-corrected chi connectivity index (χ3v) is 7.12. The Balaban J connectivity index is 1.70. The van der Waals surface area contributed by atoms with E-state index in [1.54, 1.807) is 0 Å². The molecule has 2 saturated carbocycles. The first-order valence-electron chi connectivity index (χ1n) is 9.12. The monoisotopic (exact) mass is 389 g/mol. The van der Waals surface area contributed by atoms with Crippen LogP contribution >= 0.6 is 15.9 Å². The highest BCUT2D eigenvalue weighted by Gasteiger charge is 2.60. The average Bonchev–Trinajstić information content (AvgIpc) is 2.89. The molecule has 24 heavy (non-hydrogen) atoms. The minimum atomic E-state index is -0.240. The van der Waals surface area contributed by atoms with E-state index in [0.29, 0.717) is 24.0 Å². The van der Waals surface area contributed by atoms with E-state index in [4.69, 9.17) is 0 Å². The van der Waals surface area contributed by atoms with E-state index in [0.717, 1.165) is 48.7 Å². The van der Waals surface area contributed by atoms with Crippen LogP contribution in [0.3, 0.4) is 0 Å². The Morgan fingerprint density at radius 2 is 2.00 bits per heavy atom. The van der Waals surface area contributed by atoms with Crippen LogP contribution in [0.5, 0.6) is 0 Å². The van der Waals surface area contributed by atoms with E-state index >= 15 is 0 Å². The lowest BCUT2D eigenvalue weighted by Gasteiger charge is -2.54. The molecule has 1 saturated heterocycles. The lowest BCUT2D eigenvalue weighted by atomic mass is 9.58. The van der Waals surface area contributed by atoms with Crippen LogP contribution in [0.1, 0.15) is 55.8 Å². The van der Waals surface area contributed by atoms with E-state index in [9.17, 15) is 9.59 Å². The van der Waals surface area contributed by atoms with Gasteiger partial charge in [0.25, 0.3) is 5.91 Å². The molecular weight excluding hydrogens is 366 g/mol. The number of amides is 1. The van der Waals surface area contributed by atoms with E-state index in [1.165, 1.54) is 0 Å². The molecule has 1 spiro atoms. The van der Waals surface area contributed by atoms with Crippen molar-refractivity contribution >= 4 is 27.6 Å². The van der Waals surface area contributed by atoms with Gasteiger partial charge in [0, 0.05) is 29.0 Å². The highest BCUT2D eigenvalue weighted by molar-refractivity contribution is 9.10. The van der Waals surface area contributed by atoms with Crippen LogP contribution in [0.15, 0.2) is 28.7 Å². The number of Topliss-reactive ketones (excluding diaryl/α,β-unsaturated/α-hetero) is 1. The third-order valence-electron chi connectivity index (χ3n) is 6.59. The molecule has 1 aliphatic heterocycles. The maximum absolute atomic E-state index is 13.2. The van der Waals surface area contributed by atoms with E-state index < -0.39 is 0 Å². The Morgan fingerprint density at radius 1 is 1.25 bits per heavy atom. The van der Waals surface area contributed by atoms with Crippen LogP contribution in [-0.4, -0.2) is 29.2 Å². The standard InChI is InChI=1S/C20H24BrNO2/c1-13-11-15-5-8-18(23)20(15)9-2-10-22(17(20)12-13)19(24)14-3-6-16(21)7-4-14/h3-4,6-7,13,15,17H,2,5,8-12H2,1H3/t13-,15-,17+,20-/m1/s1. The van der Waals surface area contributed by atoms with Gasteiger partial charge in [-0.3, -0.25) is 9.59 Å². The number of hydrogen-bond acceptors (Lipinski definition) is 2. The van der Waals surface area contributed by atoms with E-state index in [-0.39, 0.29) is 17.4 Å². The lowest BCUT2D eigenvalue weighted by Crippen LogP contribution is -2.61. The predicted octanol–water partition coefficient (Wildman–Crippen LogP) is 4.45. The van der Waals surface area contributed by atoms with Crippen molar-refractivity contribution in [2.45, 2.75) is 51.5 Å². The topological polar surface area (TPSA) is 37.4 Å². The molecule has 4 atom stereocenters. The number of nitrogens with zero attached hydrogens (tertiary/aromatic N) is 1. The maximum atomic E-state index is 13.2. The van der Waals surface area contributed by atoms with Gasteiger partial charge >= 0.3 is 0 Å². The summed E-state index contributed by atoms with van der Waals surface area (Å²) < 4.78 is 0.978. The van der Waals surface area contributed by atoms with Crippen LogP contribution in [0, 0.1) is 17.3 Å². The van der Waals surface area contributed by atoms with Gasteiger partial charge in [-0.2, -0.15) is 0 Å². The number of carbonyl (C=O) groups is 2. The normalized spacial score (nSPS) is 35.5. The molecule has 1 aromatic carbocycles. The maximum Gasteiger partial charge on any atom is 0.254 e. The summed E-state index contributed by atoms with van der Waals surface area (Å²) >= 11 is 3.43. The summed E-state index contributed by atoms with van der Waals surface area (Å²) in [4.78, 5) is 28.1. The van der Waals surface area contributed by atoms with Gasteiger partial charge in [0.2, 0.25) is 0 Å². The van der Waals surface area contributed by atoms with Gasteiger partial charge in [-0.25, -0.2) is 0 Å². The number of piperidine rings is 1. The summed E-state index contributed by atoms with van der Waals surface area (Å²) in [5.74, 6) is 1.61. The molecule has 4 heteroatoms. The number of ketones is 1. The zero-order valence-electron chi connectivity index (χ0n) is 14.1. The molecule has 1 amide bonds. The predicted molar refractivity (Wildman–Crippen MR) is 96.8 cm³/mol. The highest BCUT2D eigenvalue weighted by atomic mass is 79.9. The molecule has 0 N–H and O–H groups in total. The number of hydrogen-bond donors (Lipinski definition) is 0. The number of rotatable bonds is 1. The second-order valence-electron chi connectivity index (χ2n) is 7.90. The van der Waals surface area contributed by atoms with Crippen molar-refractivity contribution < 1.29 is 9.59 Å². The Kier molecular flexibility index (Phi) is 4.06. The minimum Gasteiger partial charge on any atom is -0.335 e. The van der Waals surface area contributed by atoms with Crippen molar-refractivity contribution in [2.75, 3.05) is 6.54 Å². The Bertz CT molecular complexity index is 671. The van der Waals surface area contributed by atoms with E-state index in [1.807, 2.05) is 29.2 Å². The Labute approximate surface area is 151 Å². The minimum absolute atomic E-state index is 0.0964. The molecule has 3 fully saturated rings. The fraction of sp³-hybridized carbons (Fsp3) is 0.600. The summed E-state index contributed by atoms with van der Waals surface area (Å²) in [6, 6.07) is 7.70. The smallest absolute Gasteiger partial charge is 0.254 e. The first-order chi connectivity index (χ1) is 11.5. The Hall–Kier alpha value is -1.16. The molecule has 0 bridgehead atoms. The number of halogens is 1. The molecule has 0 unspecified atom stereocenters. The average molecular weight is 390 g/mol. The molecule has 2 aliphatic carbocycles. The second kappa shape index (κ2) is 5.98. The summed E-state index contributed by atoms with van der Waals surface area (Å²) in [5.41, 5.74) is 0.492. The quantitative estimate of drug-likeness (QED) is 0.711. The molecule has 1 aromatic rings. The van der Waals surface area contributed by atoms with Gasteiger partial charge in [-0.15, -0.1) is 0 Å². The number of benzene rings is 1. The van der Waals surface area contributed by atoms with Crippen LogP contribution < -0.4 is 0 Å². The van der Waals surface area contributed by atoms with Crippen molar-refractivity contribution in [3.8, 4) is 0 Å². The molecule has 4 rings (SSSR count). The molecule has 0 aromatic heterocycles. The third kappa shape index (κ3) is 2.37. The molecule has 3 nitrogen and oxygen atoms in total. The van der Waals surface area contributed by atoms with Crippen molar-refractivity contribution in [1.82, 2.24) is 4.90 Å². The molecule has 3 aliphatic rings. The summed E-state index contributed by atoms with van der Waals surface area (Å²) in [7, 11) is 0. The second-order valence-corrected chi connectivity index (χ2v) is 8.82. The zero-order chi connectivity index (χ0) is 16.9.